The zero-order valence-corrected chi connectivity index (χ0v) is 14.8. The van der Waals surface area contributed by atoms with Gasteiger partial charge in [0, 0.05) is 22.0 Å². The highest BCUT2D eigenvalue weighted by Gasteiger charge is 2.16. The molecule has 0 amide bonds. The molecular formula is C20H15BrN2O2. The molecule has 5 heteroatoms. The van der Waals surface area contributed by atoms with Gasteiger partial charge in [-0.15, -0.1) is 0 Å². The van der Waals surface area contributed by atoms with Gasteiger partial charge in [-0.05, 0) is 34.5 Å². The molecule has 3 N–H and O–H groups in total. The van der Waals surface area contributed by atoms with Crippen LogP contribution in [0, 0.1) is 0 Å². The predicted molar refractivity (Wildman–Crippen MR) is 103 cm³/mol. The van der Waals surface area contributed by atoms with E-state index < -0.39 is 0 Å². The number of phenols is 1. The monoisotopic (exact) mass is 394 g/mol. The van der Waals surface area contributed by atoms with Gasteiger partial charge in [0.2, 0.25) is 0 Å². The van der Waals surface area contributed by atoms with Crippen LogP contribution in [-0.4, -0.2) is 15.3 Å². The molecule has 4 aromatic rings. The van der Waals surface area contributed by atoms with Crippen LogP contribution in [-0.2, 0) is 6.42 Å². The minimum atomic E-state index is -0.174. The van der Waals surface area contributed by atoms with Gasteiger partial charge in [0.05, 0.1) is 5.69 Å². The highest BCUT2D eigenvalue weighted by atomic mass is 79.9. The van der Waals surface area contributed by atoms with Crippen molar-refractivity contribution < 1.29 is 5.11 Å². The number of aromatic amines is 2. The molecule has 0 saturated carbocycles. The first-order valence-corrected chi connectivity index (χ1v) is 8.68. The lowest BCUT2D eigenvalue weighted by atomic mass is 9.96. The zero-order valence-electron chi connectivity index (χ0n) is 13.2. The van der Waals surface area contributed by atoms with Crippen LogP contribution in [0.4, 0.5) is 0 Å². The van der Waals surface area contributed by atoms with Crippen molar-refractivity contribution in [3.8, 4) is 17.0 Å². The smallest absolute Gasteiger partial charge is 0.268 e. The standard InChI is InChI=1S/C20H15BrN2O2/c21-14-7-8-15-13(10-14)6-9-18(24)16(15)11-17-19(22-23-20(17)25)12-4-2-1-3-5-12/h1-10,24H,11H2,(H2,22,23,25). The summed E-state index contributed by atoms with van der Waals surface area (Å²) in [5, 5.41) is 18.0. The molecule has 0 aliphatic rings. The molecule has 25 heavy (non-hydrogen) atoms. The summed E-state index contributed by atoms with van der Waals surface area (Å²) in [6.07, 6.45) is 0.341. The largest absolute Gasteiger partial charge is 0.508 e. The molecule has 4 rings (SSSR count). The van der Waals surface area contributed by atoms with Crippen molar-refractivity contribution in [2.45, 2.75) is 6.42 Å². The topological polar surface area (TPSA) is 68.9 Å². The fourth-order valence-corrected chi connectivity index (χ4v) is 3.50. The highest BCUT2D eigenvalue weighted by molar-refractivity contribution is 9.10. The molecule has 0 bridgehead atoms. The van der Waals surface area contributed by atoms with E-state index in [1.165, 1.54) is 0 Å². The number of aromatic hydroxyl groups is 1. The van der Waals surface area contributed by atoms with Crippen molar-refractivity contribution in [1.82, 2.24) is 10.2 Å². The van der Waals surface area contributed by atoms with E-state index in [-0.39, 0.29) is 11.3 Å². The van der Waals surface area contributed by atoms with Crippen molar-refractivity contribution in [3.05, 3.63) is 86.6 Å². The van der Waals surface area contributed by atoms with Crippen LogP contribution in [0.5, 0.6) is 5.75 Å². The van der Waals surface area contributed by atoms with Crippen LogP contribution in [0.3, 0.4) is 0 Å². The third-order valence-electron chi connectivity index (χ3n) is 4.36. The van der Waals surface area contributed by atoms with Crippen molar-refractivity contribution >= 4 is 26.7 Å². The number of hydrogen-bond acceptors (Lipinski definition) is 2. The minimum absolute atomic E-state index is 0.174. The molecule has 0 spiro atoms. The van der Waals surface area contributed by atoms with Crippen LogP contribution in [0.2, 0.25) is 0 Å². The third-order valence-corrected chi connectivity index (χ3v) is 4.85. The predicted octanol–water partition coefficient (Wildman–Crippen LogP) is 4.58. The van der Waals surface area contributed by atoms with Gasteiger partial charge in [0.1, 0.15) is 5.75 Å². The first-order chi connectivity index (χ1) is 12.1. The third kappa shape index (κ3) is 2.87. The quantitative estimate of drug-likeness (QED) is 0.475. The Hall–Kier alpha value is -2.79. The fourth-order valence-electron chi connectivity index (χ4n) is 3.12. The number of nitrogens with one attached hydrogen (secondary N) is 2. The minimum Gasteiger partial charge on any atom is -0.508 e. The Morgan fingerprint density at radius 2 is 1.72 bits per heavy atom. The fraction of sp³-hybridized carbons (Fsp3) is 0.0500. The number of hydrogen-bond donors (Lipinski definition) is 3. The Bertz CT molecular complexity index is 1110. The summed E-state index contributed by atoms with van der Waals surface area (Å²) in [4.78, 5) is 12.3. The van der Waals surface area contributed by atoms with Gasteiger partial charge in [-0.25, -0.2) is 0 Å². The summed E-state index contributed by atoms with van der Waals surface area (Å²) >= 11 is 3.47. The summed E-state index contributed by atoms with van der Waals surface area (Å²) < 4.78 is 0.973. The lowest BCUT2D eigenvalue weighted by Crippen LogP contribution is -2.07. The Morgan fingerprint density at radius 1 is 0.920 bits per heavy atom. The van der Waals surface area contributed by atoms with E-state index in [1.807, 2.05) is 54.6 Å². The molecular weight excluding hydrogens is 380 g/mol. The normalized spacial score (nSPS) is 11.1. The van der Waals surface area contributed by atoms with Gasteiger partial charge in [0.15, 0.2) is 0 Å². The van der Waals surface area contributed by atoms with Gasteiger partial charge >= 0.3 is 0 Å². The second-order valence-electron chi connectivity index (χ2n) is 5.90. The average molecular weight is 395 g/mol. The van der Waals surface area contributed by atoms with E-state index in [9.17, 15) is 9.90 Å². The van der Waals surface area contributed by atoms with Crippen LogP contribution >= 0.6 is 15.9 Å². The molecule has 4 nitrogen and oxygen atoms in total. The van der Waals surface area contributed by atoms with Crippen LogP contribution in [0.15, 0.2) is 69.9 Å². The number of phenolic OH excluding ortho intramolecular Hbond substituents is 1. The zero-order chi connectivity index (χ0) is 17.4. The Morgan fingerprint density at radius 3 is 2.52 bits per heavy atom. The van der Waals surface area contributed by atoms with E-state index in [4.69, 9.17) is 0 Å². The van der Waals surface area contributed by atoms with Crippen molar-refractivity contribution in [2.75, 3.05) is 0 Å². The van der Waals surface area contributed by atoms with Gasteiger partial charge < -0.3 is 5.11 Å². The number of halogens is 1. The molecule has 0 atom stereocenters. The van der Waals surface area contributed by atoms with E-state index in [1.54, 1.807) is 6.07 Å². The first kappa shape index (κ1) is 15.7. The number of benzene rings is 3. The second kappa shape index (κ2) is 6.26. The van der Waals surface area contributed by atoms with Gasteiger partial charge in [-0.2, -0.15) is 0 Å². The SMILES string of the molecule is O=c1[nH][nH]c(-c2ccccc2)c1Cc1c(O)ccc2cc(Br)ccc12. The Kier molecular flexibility index (Phi) is 3.93. The van der Waals surface area contributed by atoms with E-state index in [2.05, 4.69) is 26.1 Å². The number of aromatic nitrogens is 2. The number of H-pyrrole nitrogens is 2. The van der Waals surface area contributed by atoms with Crippen LogP contribution < -0.4 is 5.56 Å². The molecule has 1 heterocycles. The molecule has 0 aliphatic carbocycles. The van der Waals surface area contributed by atoms with Gasteiger partial charge in [0.25, 0.3) is 5.56 Å². The lowest BCUT2D eigenvalue weighted by Gasteiger charge is -2.10. The highest BCUT2D eigenvalue weighted by Crippen LogP contribution is 2.32. The van der Waals surface area contributed by atoms with Gasteiger partial charge in [-0.1, -0.05) is 58.4 Å². The Labute approximate surface area is 152 Å². The maximum absolute atomic E-state index is 12.3. The van der Waals surface area contributed by atoms with Crippen molar-refractivity contribution in [2.24, 2.45) is 0 Å². The summed E-state index contributed by atoms with van der Waals surface area (Å²) in [5.74, 6) is 0.189. The maximum atomic E-state index is 12.3. The second-order valence-corrected chi connectivity index (χ2v) is 6.82. The van der Waals surface area contributed by atoms with E-state index in [0.717, 1.165) is 32.1 Å². The summed E-state index contributed by atoms with van der Waals surface area (Å²) in [6, 6.07) is 19.1. The van der Waals surface area contributed by atoms with E-state index in [0.29, 0.717) is 12.0 Å². The molecule has 0 fully saturated rings. The lowest BCUT2D eigenvalue weighted by molar-refractivity contribution is 0.470. The molecule has 1 aromatic heterocycles. The molecule has 124 valence electrons. The summed E-state index contributed by atoms with van der Waals surface area (Å²) in [6.45, 7) is 0. The first-order valence-electron chi connectivity index (χ1n) is 7.88. The molecule has 0 radical (unpaired) electrons. The molecule has 0 aliphatic heterocycles. The van der Waals surface area contributed by atoms with E-state index >= 15 is 0 Å². The molecule has 0 saturated heterocycles. The number of fused-ring (bicyclic) bond motifs is 1. The maximum Gasteiger partial charge on any atom is 0.268 e. The molecule has 3 aromatic carbocycles. The Balaban J connectivity index is 1.87. The summed E-state index contributed by atoms with van der Waals surface area (Å²) in [5.41, 5.74) is 2.86. The van der Waals surface area contributed by atoms with Crippen LogP contribution in [0.25, 0.3) is 22.0 Å². The van der Waals surface area contributed by atoms with Gasteiger partial charge in [-0.3, -0.25) is 15.0 Å². The molecule has 0 unspecified atom stereocenters. The summed E-state index contributed by atoms with van der Waals surface area (Å²) in [7, 11) is 0. The number of rotatable bonds is 3. The van der Waals surface area contributed by atoms with Crippen LogP contribution in [0.1, 0.15) is 11.1 Å². The average Bonchev–Trinajstić information content (AvgIpc) is 2.99. The van der Waals surface area contributed by atoms with Crippen molar-refractivity contribution in [3.63, 3.8) is 0 Å². The van der Waals surface area contributed by atoms with Crippen molar-refractivity contribution in [1.29, 1.82) is 0 Å².